The Morgan fingerprint density at radius 2 is 1.67 bits per heavy atom. The van der Waals surface area contributed by atoms with Crippen LogP contribution in [0.2, 0.25) is 0 Å². The second-order valence-corrected chi connectivity index (χ2v) is 5.80. The van der Waals surface area contributed by atoms with Crippen LogP contribution in [0.1, 0.15) is 0 Å². The lowest BCUT2D eigenvalue weighted by Crippen LogP contribution is -2.07. The third-order valence-electron chi connectivity index (χ3n) is 4.20. The highest BCUT2D eigenvalue weighted by atomic mass is 16.5. The molecule has 3 aromatic rings. The number of hydrogen-bond acceptors (Lipinski definition) is 6. The molecule has 0 aliphatic carbocycles. The fourth-order valence-electron chi connectivity index (χ4n) is 2.80. The van der Waals surface area contributed by atoms with E-state index in [-0.39, 0.29) is 0 Å². The summed E-state index contributed by atoms with van der Waals surface area (Å²) in [4.78, 5) is 4.67. The molecule has 142 valence electrons. The topological polar surface area (TPSA) is 62.4 Å². The van der Waals surface area contributed by atoms with Gasteiger partial charge in [-0.2, -0.15) is 0 Å². The molecule has 3 rings (SSSR count). The maximum atomic E-state index is 6.12. The third kappa shape index (κ3) is 4.06. The van der Waals surface area contributed by atoms with Crippen molar-refractivity contribution in [2.24, 2.45) is 4.99 Å². The molecule has 2 aromatic carbocycles. The standard InChI is InChI=1S/C21H23NO5/c1-23-10-9-22-17-13-20(14-5-7-19(25-3)21(11-14)26-4)27-18-8-6-15(24-2)12-16(17)18/h5-8,11-13H,9-10H2,1-4H3. The van der Waals surface area contributed by atoms with Gasteiger partial charge < -0.3 is 23.4 Å². The van der Waals surface area contributed by atoms with Gasteiger partial charge in [-0.1, -0.05) is 0 Å². The van der Waals surface area contributed by atoms with E-state index in [1.54, 1.807) is 28.4 Å². The summed E-state index contributed by atoms with van der Waals surface area (Å²) in [7, 11) is 6.51. The van der Waals surface area contributed by atoms with Gasteiger partial charge in [0.25, 0.3) is 0 Å². The fraction of sp³-hybridized carbons (Fsp3) is 0.286. The molecule has 0 N–H and O–H groups in total. The Morgan fingerprint density at radius 3 is 2.37 bits per heavy atom. The van der Waals surface area contributed by atoms with Gasteiger partial charge in [-0.15, -0.1) is 0 Å². The average Bonchev–Trinajstić information content (AvgIpc) is 2.72. The second kappa shape index (κ2) is 8.60. The molecule has 1 heterocycles. The minimum atomic E-state index is 0.545. The Morgan fingerprint density at radius 1 is 0.852 bits per heavy atom. The van der Waals surface area contributed by atoms with E-state index in [0.29, 0.717) is 30.4 Å². The van der Waals surface area contributed by atoms with Gasteiger partial charge in [-0.25, -0.2) is 0 Å². The Kier molecular flexibility index (Phi) is 5.98. The Hall–Kier alpha value is -2.99. The van der Waals surface area contributed by atoms with Crippen LogP contribution < -0.4 is 19.6 Å². The molecule has 0 unspecified atom stereocenters. The summed E-state index contributed by atoms with van der Waals surface area (Å²) in [6.45, 7) is 1.10. The van der Waals surface area contributed by atoms with Gasteiger partial charge >= 0.3 is 0 Å². The highest BCUT2D eigenvalue weighted by Gasteiger charge is 2.11. The van der Waals surface area contributed by atoms with Crippen molar-refractivity contribution in [1.29, 1.82) is 0 Å². The zero-order valence-corrected chi connectivity index (χ0v) is 15.9. The molecule has 6 nitrogen and oxygen atoms in total. The molecule has 27 heavy (non-hydrogen) atoms. The van der Waals surface area contributed by atoms with Gasteiger partial charge in [0.1, 0.15) is 17.1 Å². The molecule has 0 saturated carbocycles. The number of nitrogens with zero attached hydrogens (tertiary/aromatic N) is 1. The van der Waals surface area contributed by atoms with Crippen molar-refractivity contribution in [3.63, 3.8) is 0 Å². The van der Waals surface area contributed by atoms with Gasteiger partial charge in [0.15, 0.2) is 11.5 Å². The van der Waals surface area contributed by atoms with Crippen molar-refractivity contribution < 1.29 is 23.4 Å². The van der Waals surface area contributed by atoms with E-state index >= 15 is 0 Å². The minimum Gasteiger partial charge on any atom is -0.497 e. The smallest absolute Gasteiger partial charge is 0.161 e. The first kappa shape index (κ1) is 18.8. The summed E-state index contributed by atoms with van der Waals surface area (Å²) in [5, 5.41) is 1.70. The maximum Gasteiger partial charge on any atom is 0.161 e. The molecular weight excluding hydrogens is 346 g/mol. The van der Waals surface area contributed by atoms with E-state index in [4.69, 9.17) is 23.4 Å². The predicted molar refractivity (Wildman–Crippen MR) is 104 cm³/mol. The largest absolute Gasteiger partial charge is 0.497 e. The van der Waals surface area contributed by atoms with Crippen LogP contribution >= 0.6 is 0 Å². The van der Waals surface area contributed by atoms with Crippen LogP contribution in [0.4, 0.5) is 0 Å². The number of benzene rings is 2. The molecule has 1 aromatic heterocycles. The van der Waals surface area contributed by atoms with Crippen molar-refractivity contribution in [1.82, 2.24) is 0 Å². The molecule has 0 atom stereocenters. The van der Waals surface area contributed by atoms with Crippen LogP contribution in [0.3, 0.4) is 0 Å². The average molecular weight is 369 g/mol. The first-order chi connectivity index (χ1) is 13.2. The zero-order valence-electron chi connectivity index (χ0n) is 15.9. The van der Waals surface area contributed by atoms with Crippen molar-refractivity contribution in [2.45, 2.75) is 0 Å². The molecule has 0 spiro atoms. The Labute approximate surface area is 158 Å². The molecule has 0 aliphatic rings. The molecule has 6 heteroatoms. The summed E-state index contributed by atoms with van der Waals surface area (Å²) < 4.78 is 27.3. The first-order valence-corrected chi connectivity index (χ1v) is 8.54. The molecule has 0 saturated heterocycles. The van der Waals surface area contributed by atoms with Crippen LogP contribution in [0.25, 0.3) is 22.3 Å². The molecule has 0 amide bonds. The van der Waals surface area contributed by atoms with Crippen LogP contribution in [0.15, 0.2) is 51.9 Å². The number of hydrogen-bond donors (Lipinski definition) is 0. The molecule has 0 fully saturated rings. The third-order valence-corrected chi connectivity index (χ3v) is 4.20. The van der Waals surface area contributed by atoms with E-state index in [1.807, 2.05) is 42.5 Å². The fourth-order valence-corrected chi connectivity index (χ4v) is 2.80. The number of rotatable bonds is 7. The van der Waals surface area contributed by atoms with Crippen molar-refractivity contribution in [3.05, 3.63) is 47.8 Å². The normalized spacial score (nSPS) is 11.6. The molecule has 0 radical (unpaired) electrons. The SMILES string of the molecule is COCCN=c1cc(-c2ccc(OC)c(OC)c2)oc2ccc(OC)cc12. The first-order valence-electron chi connectivity index (χ1n) is 8.54. The highest BCUT2D eigenvalue weighted by Crippen LogP contribution is 2.33. The van der Waals surface area contributed by atoms with E-state index in [0.717, 1.165) is 27.6 Å². The lowest BCUT2D eigenvalue weighted by Gasteiger charge is -2.10. The highest BCUT2D eigenvalue weighted by molar-refractivity contribution is 5.80. The number of fused-ring (bicyclic) bond motifs is 1. The van der Waals surface area contributed by atoms with Gasteiger partial charge in [0, 0.05) is 24.1 Å². The van der Waals surface area contributed by atoms with Crippen LogP contribution in [0.5, 0.6) is 17.2 Å². The van der Waals surface area contributed by atoms with Gasteiger partial charge in [0.2, 0.25) is 0 Å². The number of ether oxygens (including phenoxy) is 4. The molecule has 0 bridgehead atoms. The minimum absolute atomic E-state index is 0.545. The maximum absolute atomic E-state index is 6.12. The van der Waals surface area contributed by atoms with E-state index < -0.39 is 0 Å². The predicted octanol–water partition coefficient (Wildman–Crippen LogP) is 3.67. The summed E-state index contributed by atoms with van der Waals surface area (Å²) in [6.07, 6.45) is 0. The van der Waals surface area contributed by atoms with Crippen molar-refractivity contribution >= 4 is 11.0 Å². The van der Waals surface area contributed by atoms with E-state index in [9.17, 15) is 0 Å². The van der Waals surface area contributed by atoms with Gasteiger partial charge in [0.05, 0.1) is 39.8 Å². The number of methoxy groups -OCH3 is 4. The zero-order chi connectivity index (χ0) is 19.2. The van der Waals surface area contributed by atoms with E-state index in [2.05, 4.69) is 4.99 Å². The summed E-state index contributed by atoms with van der Waals surface area (Å²) >= 11 is 0. The summed E-state index contributed by atoms with van der Waals surface area (Å²) in [6, 6.07) is 13.2. The Balaban J connectivity index is 2.18. The molecule has 0 aliphatic heterocycles. The van der Waals surface area contributed by atoms with Crippen LogP contribution in [-0.2, 0) is 4.74 Å². The van der Waals surface area contributed by atoms with Crippen LogP contribution in [-0.4, -0.2) is 41.6 Å². The summed E-state index contributed by atoms with van der Waals surface area (Å²) in [5.41, 5.74) is 1.59. The van der Waals surface area contributed by atoms with Crippen LogP contribution in [0, 0.1) is 0 Å². The van der Waals surface area contributed by atoms with Gasteiger partial charge in [-0.05, 0) is 36.4 Å². The van der Waals surface area contributed by atoms with E-state index in [1.165, 1.54) is 0 Å². The second-order valence-electron chi connectivity index (χ2n) is 5.80. The molecular formula is C21H23NO5. The summed E-state index contributed by atoms with van der Waals surface area (Å²) in [5.74, 6) is 2.74. The Bertz CT molecular complexity index is 994. The van der Waals surface area contributed by atoms with Gasteiger partial charge in [-0.3, -0.25) is 4.99 Å². The lowest BCUT2D eigenvalue weighted by molar-refractivity contribution is 0.207. The quantitative estimate of drug-likeness (QED) is 0.595. The monoisotopic (exact) mass is 369 g/mol. The van der Waals surface area contributed by atoms with Crippen molar-refractivity contribution in [3.8, 4) is 28.6 Å². The lowest BCUT2D eigenvalue weighted by atomic mass is 10.1. The van der Waals surface area contributed by atoms with Crippen molar-refractivity contribution in [2.75, 3.05) is 41.6 Å².